The minimum atomic E-state index is -1.20. The number of hydrogen-bond acceptors (Lipinski definition) is 1. The lowest BCUT2D eigenvalue weighted by atomic mass is 9.88. The van der Waals surface area contributed by atoms with Gasteiger partial charge in [0.05, 0.1) is 5.56 Å². The zero-order valence-electron chi connectivity index (χ0n) is 9.79. The Hall–Kier alpha value is -1.64. The Kier molecular flexibility index (Phi) is 3.27. The summed E-state index contributed by atoms with van der Waals surface area (Å²) in [4.78, 5) is 10.8. The van der Waals surface area contributed by atoms with Gasteiger partial charge in [-0.15, -0.1) is 0 Å². The third kappa shape index (κ3) is 2.23. The van der Waals surface area contributed by atoms with Crippen molar-refractivity contribution >= 4 is 5.97 Å². The molecule has 0 fully saturated rings. The Morgan fingerprint density at radius 1 is 1.47 bits per heavy atom. The van der Waals surface area contributed by atoms with Crippen LogP contribution >= 0.6 is 0 Å². The number of halogens is 1. The SMILES string of the molecule is CCCC1=CCc2c(ccc(C(=O)O)c2F)C1. The maximum atomic E-state index is 13.9. The van der Waals surface area contributed by atoms with Crippen LogP contribution in [-0.2, 0) is 12.8 Å². The number of carbonyl (C=O) groups is 1. The van der Waals surface area contributed by atoms with Crippen molar-refractivity contribution < 1.29 is 14.3 Å². The molecule has 0 heterocycles. The molecule has 17 heavy (non-hydrogen) atoms. The van der Waals surface area contributed by atoms with Crippen molar-refractivity contribution in [2.24, 2.45) is 0 Å². The number of benzene rings is 1. The van der Waals surface area contributed by atoms with Crippen LogP contribution < -0.4 is 0 Å². The van der Waals surface area contributed by atoms with Crippen LogP contribution in [0.4, 0.5) is 4.39 Å². The standard InChI is InChI=1S/C14H15FO2/c1-2-3-9-4-6-11-10(8-9)5-7-12(13(11)15)14(16)17/h4-5,7H,2-3,6,8H2,1H3,(H,16,17). The summed E-state index contributed by atoms with van der Waals surface area (Å²) >= 11 is 0. The molecule has 2 nitrogen and oxygen atoms in total. The highest BCUT2D eigenvalue weighted by Gasteiger charge is 2.19. The molecule has 0 bridgehead atoms. The number of fused-ring (bicyclic) bond motifs is 1. The molecule has 0 saturated heterocycles. The van der Waals surface area contributed by atoms with Gasteiger partial charge in [0, 0.05) is 0 Å². The van der Waals surface area contributed by atoms with Crippen LogP contribution in [0.15, 0.2) is 23.8 Å². The number of allylic oxidation sites excluding steroid dienone is 2. The van der Waals surface area contributed by atoms with Gasteiger partial charge in [-0.05, 0) is 36.5 Å². The Labute approximate surface area is 99.8 Å². The lowest BCUT2D eigenvalue weighted by Crippen LogP contribution is -2.10. The second kappa shape index (κ2) is 4.70. The molecule has 90 valence electrons. The van der Waals surface area contributed by atoms with E-state index in [1.165, 1.54) is 11.6 Å². The van der Waals surface area contributed by atoms with Gasteiger partial charge in [0.25, 0.3) is 0 Å². The summed E-state index contributed by atoms with van der Waals surface area (Å²) in [5, 5.41) is 8.85. The Balaban J connectivity index is 2.35. The molecule has 0 aliphatic heterocycles. The number of carboxylic acids is 1. The molecule has 0 amide bonds. The van der Waals surface area contributed by atoms with Gasteiger partial charge in [-0.3, -0.25) is 0 Å². The fraction of sp³-hybridized carbons (Fsp3) is 0.357. The first-order chi connectivity index (χ1) is 8.13. The van der Waals surface area contributed by atoms with Gasteiger partial charge in [0.1, 0.15) is 5.82 Å². The number of rotatable bonds is 3. The fourth-order valence-corrected chi connectivity index (χ4v) is 2.29. The van der Waals surface area contributed by atoms with E-state index in [9.17, 15) is 9.18 Å². The quantitative estimate of drug-likeness (QED) is 0.814. The highest BCUT2D eigenvalue weighted by atomic mass is 19.1. The highest BCUT2D eigenvalue weighted by molar-refractivity contribution is 5.88. The summed E-state index contributed by atoms with van der Waals surface area (Å²) in [5.74, 6) is -1.77. The first-order valence-corrected chi connectivity index (χ1v) is 5.85. The molecule has 1 N–H and O–H groups in total. The summed E-state index contributed by atoms with van der Waals surface area (Å²) < 4.78 is 13.9. The van der Waals surface area contributed by atoms with Gasteiger partial charge in [-0.1, -0.05) is 31.1 Å². The second-order valence-corrected chi connectivity index (χ2v) is 4.36. The van der Waals surface area contributed by atoms with Crippen molar-refractivity contribution in [2.75, 3.05) is 0 Å². The van der Waals surface area contributed by atoms with Gasteiger partial charge >= 0.3 is 5.97 Å². The molecule has 1 aromatic carbocycles. The van der Waals surface area contributed by atoms with Crippen molar-refractivity contribution in [1.82, 2.24) is 0 Å². The Morgan fingerprint density at radius 2 is 2.24 bits per heavy atom. The molecule has 0 atom stereocenters. The van der Waals surface area contributed by atoms with Crippen molar-refractivity contribution in [3.05, 3.63) is 46.3 Å². The summed E-state index contributed by atoms with van der Waals surface area (Å²) in [5.41, 5.74) is 2.57. The molecule has 0 radical (unpaired) electrons. The molecule has 0 aromatic heterocycles. The van der Waals surface area contributed by atoms with E-state index < -0.39 is 11.8 Å². The van der Waals surface area contributed by atoms with E-state index in [1.54, 1.807) is 6.07 Å². The minimum Gasteiger partial charge on any atom is -0.478 e. The molecule has 0 spiro atoms. The third-order valence-electron chi connectivity index (χ3n) is 3.15. The largest absolute Gasteiger partial charge is 0.478 e. The number of hydrogen-bond donors (Lipinski definition) is 1. The highest BCUT2D eigenvalue weighted by Crippen LogP contribution is 2.27. The molecule has 3 heteroatoms. The lowest BCUT2D eigenvalue weighted by molar-refractivity contribution is 0.0691. The maximum Gasteiger partial charge on any atom is 0.338 e. The van der Waals surface area contributed by atoms with Gasteiger partial charge < -0.3 is 5.11 Å². The van der Waals surface area contributed by atoms with Crippen LogP contribution in [0.3, 0.4) is 0 Å². The van der Waals surface area contributed by atoms with Crippen LogP contribution in [0.1, 0.15) is 41.3 Å². The monoisotopic (exact) mass is 234 g/mol. The van der Waals surface area contributed by atoms with Gasteiger partial charge in [0.2, 0.25) is 0 Å². The third-order valence-corrected chi connectivity index (χ3v) is 3.15. The normalized spacial score (nSPS) is 14.1. The van der Waals surface area contributed by atoms with E-state index in [-0.39, 0.29) is 5.56 Å². The van der Waals surface area contributed by atoms with E-state index >= 15 is 0 Å². The molecule has 1 aromatic rings. The molecular weight excluding hydrogens is 219 g/mol. The lowest BCUT2D eigenvalue weighted by Gasteiger charge is -2.18. The molecule has 1 aliphatic rings. The summed E-state index contributed by atoms with van der Waals surface area (Å²) in [7, 11) is 0. The molecule has 0 saturated carbocycles. The first-order valence-electron chi connectivity index (χ1n) is 5.85. The average molecular weight is 234 g/mol. The minimum absolute atomic E-state index is 0.226. The second-order valence-electron chi connectivity index (χ2n) is 4.36. The molecule has 2 rings (SSSR count). The van der Waals surface area contributed by atoms with Crippen LogP contribution in [0.5, 0.6) is 0 Å². The first kappa shape index (κ1) is 11.8. The predicted molar refractivity (Wildman–Crippen MR) is 63.8 cm³/mol. The van der Waals surface area contributed by atoms with Crippen molar-refractivity contribution in [1.29, 1.82) is 0 Å². The number of aromatic carboxylic acids is 1. The molecular formula is C14H15FO2. The Morgan fingerprint density at radius 3 is 2.88 bits per heavy atom. The van der Waals surface area contributed by atoms with E-state index in [0.29, 0.717) is 12.0 Å². The number of carboxylic acid groups (broad SMARTS) is 1. The van der Waals surface area contributed by atoms with Crippen LogP contribution in [0.2, 0.25) is 0 Å². The maximum absolute atomic E-state index is 13.9. The summed E-state index contributed by atoms with van der Waals surface area (Å²) in [6.07, 6.45) is 5.40. The van der Waals surface area contributed by atoms with E-state index in [1.807, 2.05) is 6.08 Å². The van der Waals surface area contributed by atoms with Crippen molar-refractivity contribution in [3.8, 4) is 0 Å². The van der Waals surface area contributed by atoms with Gasteiger partial charge in [0.15, 0.2) is 0 Å². The molecule has 0 unspecified atom stereocenters. The van der Waals surface area contributed by atoms with Crippen molar-refractivity contribution in [2.45, 2.75) is 32.6 Å². The van der Waals surface area contributed by atoms with Crippen molar-refractivity contribution in [3.63, 3.8) is 0 Å². The average Bonchev–Trinajstić information content (AvgIpc) is 2.29. The van der Waals surface area contributed by atoms with Gasteiger partial charge in [-0.25, -0.2) is 9.18 Å². The topological polar surface area (TPSA) is 37.3 Å². The fourth-order valence-electron chi connectivity index (χ4n) is 2.29. The van der Waals surface area contributed by atoms with Gasteiger partial charge in [-0.2, -0.15) is 0 Å². The van der Waals surface area contributed by atoms with E-state index in [2.05, 4.69) is 6.92 Å². The smallest absolute Gasteiger partial charge is 0.338 e. The molecule has 1 aliphatic carbocycles. The van der Waals surface area contributed by atoms with Crippen LogP contribution in [-0.4, -0.2) is 11.1 Å². The van der Waals surface area contributed by atoms with Crippen LogP contribution in [0.25, 0.3) is 0 Å². The zero-order chi connectivity index (χ0) is 12.4. The van der Waals surface area contributed by atoms with E-state index in [0.717, 1.165) is 24.8 Å². The summed E-state index contributed by atoms with van der Waals surface area (Å²) in [6.45, 7) is 2.12. The Bertz CT molecular complexity index is 489. The van der Waals surface area contributed by atoms with Crippen LogP contribution in [0, 0.1) is 5.82 Å². The summed E-state index contributed by atoms with van der Waals surface area (Å²) in [6, 6.07) is 3.11. The van der Waals surface area contributed by atoms with E-state index in [4.69, 9.17) is 5.11 Å². The zero-order valence-corrected chi connectivity index (χ0v) is 9.79. The predicted octanol–water partition coefficient (Wildman–Crippen LogP) is 3.35.